The van der Waals surface area contributed by atoms with Crippen LogP contribution in [-0.2, 0) is 26.2 Å². The van der Waals surface area contributed by atoms with E-state index in [1.54, 1.807) is 82.5 Å². The molecule has 0 aliphatic carbocycles. The fourth-order valence-electron chi connectivity index (χ4n) is 3.91. The molecule has 0 aromatic heterocycles. The molecule has 0 saturated carbocycles. The molecule has 0 unspecified atom stereocenters. The Balaban J connectivity index is 2.01. The molecule has 0 bridgehead atoms. The van der Waals surface area contributed by atoms with E-state index in [9.17, 15) is 18.0 Å². The minimum Gasteiger partial charge on any atom is -0.497 e. The fourth-order valence-corrected chi connectivity index (χ4v) is 5.41. The molecule has 1 atom stereocenters. The van der Waals surface area contributed by atoms with Gasteiger partial charge in [-0.3, -0.25) is 13.9 Å². The SMILES string of the molecule is CCNC(=O)[C@@H](C)N(Cc1ccc(OC)cc1)C(=O)CN(c1ccccc1C)S(=O)(=O)c1ccccc1. The van der Waals surface area contributed by atoms with Crippen molar-refractivity contribution in [2.24, 2.45) is 0 Å². The molecule has 3 aromatic rings. The van der Waals surface area contributed by atoms with E-state index in [0.717, 1.165) is 9.87 Å². The van der Waals surface area contributed by atoms with Crippen LogP contribution in [0.1, 0.15) is 25.0 Å². The molecule has 8 nitrogen and oxygen atoms in total. The summed E-state index contributed by atoms with van der Waals surface area (Å²) in [6.45, 7) is 5.28. The van der Waals surface area contributed by atoms with E-state index in [2.05, 4.69) is 5.32 Å². The fraction of sp³-hybridized carbons (Fsp3) is 0.286. The number of sulfonamides is 1. The minimum absolute atomic E-state index is 0.0736. The Morgan fingerprint density at radius 3 is 2.16 bits per heavy atom. The molecule has 37 heavy (non-hydrogen) atoms. The highest BCUT2D eigenvalue weighted by molar-refractivity contribution is 7.92. The first kappa shape index (κ1) is 27.7. The van der Waals surface area contributed by atoms with E-state index < -0.39 is 28.5 Å². The second kappa shape index (κ2) is 12.4. The largest absolute Gasteiger partial charge is 0.497 e. The molecule has 0 aliphatic heterocycles. The average molecular weight is 524 g/mol. The van der Waals surface area contributed by atoms with Crippen molar-refractivity contribution < 1.29 is 22.7 Å². The average Bonchev–Trinajstić information content (AvgIpc) is 2.91. The number of carbonyl (C=O) groups excluding carboxylic acids is 2. The normalized spacial score (nSPS) is 11.9. The third-order valence-electron chi connectivity index (χ3n) is 6.02. The van der Waals surface area contributed by atoms with Crippen LogP contribution in [0.15, 0.2) is 83.8 Å². The number of para-hydroxylation sites is 1. The van der Waals surface area contributed by atoms with Gasteiger partial charge in [0.1, 0.15) is 18.3 Å². The Bertz CT molecular complexity index is 1310. The number of aryl methyl sites for hydroxylation is 1. The Labute approximate surface area is 218 Å². The molecule has 9 heteroatoms. The van der Waals surface area contributed by atoms with Crippen molar-refractivity contribution in [2.75, 3.05) is 24.5 Å². The van der Waals surface area contributed by atoms with Crippen molar-refractivity contribution in [1.29, 1.82) is 0 Å². The number of methoxy groups -OCH3 is 1. The van der Waals surface area contributed by atoms with E-state index in [0.29, 0.717) is 23.5 Å². The molecule has 3 aromatic carbocycles. The molecule has 2 amide bonds. The lowest BCUT2D eigenvalue weighted by atomic mass is 10.1. The summed E-state index contributed by atoms with van der Waals surface area (Å²) in [6, 6.07) is 21.3. The Morgan fingerprint density at radius 2 is 1.57 bits per heavy atom. The van der Waals surface area contributed by atoms with Crippen LogP contribution in [0.3, 0.4) is 0 Å². The van der Waals surface area contributed by atoms with E-state index in [4.69, 9.17) is 4.74 Å². The quantitative estimate of drug-likeness (QED) is 0.413. The van der Waals surface area contributed by atoms with Gasteiger partial charge in [-0.25, -0.2) is 8.42 Å². The summed E-state index contributed by atoms with van der Waals surface area (Å²) >= 11 is 0. The Hall–Kier alpha value is -3.85. The first-order chi connectivity index (χ1) is 17.7. The van der Waals surface area contributed by atoms with E-state index in [1.807, 2.05) is 12.1 Å². The van der Waals surface area contributed by atoms with E-state index in [1.165, 1.54) is 17.0 Å². The van der Waals surface area contributed by atoms with Crippen LogP contribution in [0.5, 0.6) is 5.75 Å². The van der Waals surface area contributed by atoms with Crippen LogP contribution >= 0.6 is 0 Å². The summed E-state index contributed by atoms with van der Waals surface area (Å²) in [7, 11) is -2.51. The van der Waals surface area contributed by atoms with Gasteiger partial charge >= 0.3 is 0 Å². The van der Waals surface area contributed by atoms with Gasteiger partial charge in [-0.05, 0) is 62.2 Å². The summed E-state index contributed by atoms with van der Waals surface area (Å²) in [5.41, 5.74) is 1.88. The highest BCUT2D eigenvalue weighted by Gasteiger charge is 2.32. The number of benzene rings is 3. The number of hydrogen-bond acceptors (Lipinski definition) is 5. The molecule has 0 heterocycles. The summed E-state index contributed by atoms with van der Waals surface area (Å²) < 4.78 is 33.8. The van der Waals surface area contributed by atoms with Crippen molar-refractivity contribution in [3.8, 4) is 5.75 Å². The number of anilines is 1. The first-order valence-corrected chi connectivity index (χ1v) is 13.5. The van der Waals surface area contributed by atoms with Crippen molar-refractivity contribution in [1.82, 2.24) is 10.2 Å². The number of likely N-dealkylation sites (N-methyl/N-ethyl adjacent to an activating group) is 1. The number of nitrogens with zero attached hydrogens (tertiary/aromatic N) is 2. The van der Waals surface area contributed by atoms with Gasteiger partial charge in [0.05, 0.1) is 17.7 Å². The third-order valence-corrected chi connectivity index (χ3v) is 7.80. The second-order valence-corrected chi connectivity index (χ2v) is 10.4. The predicted octanol–water partition coefficient (Wildman–Crippen LogP) is 3.75. The van der Waals surface area contributed by atoms with Crippen molar-refractivity contribution in [3.05, 3.63) is 90.0 Å². The van der Waals surface area contributed by atoms with Crippen LogP contribution in [-0.4, -0.2) is 51.4 Å². The Kier molecular flexibility index (Phi) is 9.30. The maximum absolute atomic E-state index is 13.8. The molecule has 1 N–H and O–H groups in total. The van der Waals surface area contributed by atoms with Gasteiger partial charge in [-0.15, -0.1) is 0 Å². The van der Waals surface area contributed by atoms with Crippen LogP contribution in [0.2, 0.25) is 0 Å². The minimum atomic E-state index is -4.07. The second-order valence-electron chi connectivity index (χ2n) is 8.55. The number of carbonyl (C=O) groups is 2. The number of ether oxygens (including phenoxy) is 1. The molecule has 0 radical (unpaired) electrons. The highest BCUT2D eigenvalue weighted by Crippen LogP contribution is 2.27. The van der Waals surface area contributed by atoms with Crippen molar-refractivity contribution in [2.45, 2.75) is 38.3 Å². The molecule has 0 fully saturated rings. The molecule has 3 rings (SSSR count). The van der Waals surface area contributed by atoms with Crippen molar-refractivity contribution in [3.63, 3.8) is 0 Å². The highest BCUT2D eigenvalue weighted by atomic mass is 32.2. The lowest BCUT2D eigenvalue weighted by Gasteiger charge is -2.32. The van der Waals surface area contributed by atoms with Gasteiger partial charge in [0.25, 0.3) is 10.0 Å². The van der Waals surface area contributed by atoms with Crippen LogP contribution < -0.4 is 14.4 Å². The summed E-state index contributed by atoms with van der Waals surface area (Å²) in [5, 5.41) is 2.75. The number of rotatable bonds is 11. The summed E-state index contributed by atoms with van der Waals surface area (Å²) in [4.78, 5) is 28.0. The lowest BCUT2D eigenvalue weighted by Crippen LogP contribution is -2.51. The first-order valence-electron chi connectivity index (χ1n) is 12.0. The molecule has 0 aliphatic rings. The van der Waals surface area contributed by atoms with Gasteiger partial charge in [0, 0.05) is 13.1 Å². The maximum atomic E-state index is 13.8. The van der Waals surface area contributed by atoms with Gasteiger partial charge in [-0.1, -0.05) is 48.5 Å². The van der Waals surface area contributed by atoms with Crippen LogP contribution in [0.4, 0.5) is 5.69 Å². The standard InChI is InChI=1S/C28H33N3O5S/c1-5-29-28(33)22(3)30(19-23-15-17-24(36-4)18-16-23)27(32)20-31(26-14-10-9-11-21(26)2)37(34,35)25-12-7-6-8-13-25/h6-18,22H,5,19-20H2,1-4H3,(H,29,33)/t22-/m1/s1. The Morgan fingerprint density at radius 1 is 0.946 bits per heavy atom. The molecule has 0 saturated heterocycles. The van der Waals surface area contributed by atoms with Gasteiger partial charge in [0.2, 0.25) is 11.8 Å². The van der Waals surface area contributed by atoms with Gasteiger partial charge in [-0.2, -0.15) is 0 Å². The van der Waals surface area contributed by atoms with E-state index in [-0.39, 0.29) is 17.3 Å². The van der Waals surface area contributed by atoms with Crippen molar-refractivity contribution >= 4 is 27.5 Å². The maximum Gasteiger partial charge on any atom is 0.264 e. The molecular weight excluding hydrogens is 490 g/mol. The number of amides is 2. The van der Waals surface area contributed by atoms with Crippen LogP contribution in [0.25, 0.3) is 0 Å². The van der Waals surface area contributed by atoms with Gasteiger partial charge in [0.15, 0.2) is 0 Å². The zero-order valence-corrected chi connectivity index (χ0v) is 22.4. The van der Waals surface area contributed by atoms with Gasteiger partial charge < -0.3 is 15.0 Å². The van der Waals surface area contributed by atoms with E-state index >= 15 is 0 Å². The predicted molar refractivity (Wildman–Crippen MR) is 144 cm³/mol. The summed E-state index contributed by atoms with van der Waals surface area (Å²) in [6.07, 6.45) is 0. The lowest BCUT2D eigenvalue weighted by molar-refractivity contribution is -0.139. The zero-order valence-electron chi connectivity index (χ0n) is 21.5. The molecule has 0 spiro atoms. The van der Waals surface area contributed by atoms with Crippen LogP contribution in [0, 0.1) is 6.92 Å². The number of nitrogens with one attached hydrogen (secondary N) is 1. The zero-order chi connectivity index (χ0) is 27.0. The molecule has 196 valence electrons. The molecular formula is C28H33N3O5S. The smallest absolute Gasteiger partial charge is 0.264 e. The topological polar surface area (TPSA) is 96.0 Å². The summed E-state index contributed by atoms with van der Waals surface area (Å²) in [5.74, 6) is -0.159. The number of hydrogen-bond donors (Lipinski definition) is 1. The monoisotopic (exact) mass is 523 g/mol. The third kappa shape index (κ3) is 6.68.